The van der Waals surface area contributed by atoms with Crippen LogP contribution in [0.5, 0.6) is 0 Å². The highest BCUT2D eigenvalue weighted by Gasteiger charge is 2.26. The molecule has 1 aromatic rings. The molecule has 1 atom stereocenters. The zero-order valence-electron chi connectivity index (χ0n) is 18.8. The van der Waals surface area contributed by atoms with Gasteiger partial charge in [-0.15, -0.1) is 24.0 Å². The van der Waals surface area contributed by atoms with Gasteiger partial charge in [0, 0.05) is 40.3 Å². The van der Waals surface area contributed by atoms with Gasteiger partial charge in [0.2, 0.25) is 10.0 Å². The van der Waals surface area contributed by atoms with E-state index in [2.05, 4.69) is 36.4 Å². The van der Waals surface area contributed by atoms with E-state index < -0.39 is 10.0 Å². The van der Waals surface area contributed by atoms with Crippen molar-refractivity contribution in [2.24, 2.45) is 10.4 Å². The van der Waals surface area contributed by atoms with Crippen molar-refractivity contribution in [1.82, 2.24) is 14.9 Å². The maximum Gasteiger partial charge on any atom is 0.243 e. The molecule has 0 amide bonds. The number of benzene rings is 1. The second kappa shape index (κ2) is 12.2. The molecule has 0 saturated carbocycles. The van der Waals surface area contributed by atoms with E-state index >= 15 is 0 Å². The first-order chi connectivity index (χ1) is 13.7. The summed E-state index contributed by atoms with van der Waals surface area (Å²) in [5.74, 6) is 0.653. The number of aliphatic imine (C=N–C) groups is 1. The van der Waals surface area contributed by atoms with E-state index in [4.69, 9.17) is 4.74 Å². The summed E-state index contributed by atoms with van der Waals surface area (Å²) in [6.07, 6.45) is 3.00. The summed E-state index contributed by atoms with van der Waals surface area (Å²) in [4.78, 5) is 4.60. The minimum Gasteiger partial charge on any atom is -0.379 e. The Morgan fingerprint density at radius 2 is 1.87 bits per heavy atom. The average molecular weight is 553 g/mol. The monoisotopic (exact) mass is 552 g/mol. The minimum absolute atomic E-state index is 0. The Hall–Kier alpha value is -0.910. The van der Waals surface area contributed by atoms with Crippen molar-refractivity contribution < 1.29 is 13.2 Å². The fraction of sp³-hybridized carbons (Fsp3) is 0.667. The Morgan fingerprint density at radius 3 is 2.43 bits per heavy atom. The van der Waals surface area contributed by atoms with E-state index in [9.17, 15) is 8.42 Å². The van der Waals surface area contributed by atoms with Crippen LogP contribution < -0.4 is 10.6 Å². The SMILES string of the molecule is CN=C(NCc1cccc(S(=O)(=O)N2CCCCC2)c1)NCC(OC)C(C)(C)C.I. The van der Waals surface area contributed by atoms with Crippen LogP contribution in [0.1, 0.15) is 45.6 Å². The van der Waals surface area contributed by atoms with Gasteiger partial charge in [-0.3, -0.25) is 4.99 Å². The molecule has 1 aliphatic rings. The van der Waals surface area contributed by atoms with Crippen LogP contribution in [0, 0.1) is 5.41 Å². The number of nitrogens with one attached hydrogen (secondary N) is 2. The normalized spacial score (nSPS) is 17.2. The topological polar surface area (TPSA) is 83.0 Å². The third-order valence-electron chi connectivity index (χ3n) is 5.24. The number of hydrogen-bond acceptors (Lipinski definition) is 4. The molecular weight excluding hydrogens is 515 g/mol. The third kappa shape index (κ3) is 7.65. The van der Waals surface area contributed by atoms with Gasteiger partial charge in [-0.2, -0.15) is 4.31 Å². The van der Waals surface area contributed by atoms with Gasteiger partial charge in [0.05, 0.1) is 11.0 Å². The summed E-state index contributed by atoms with van der Waals surface area (Å²) in [6, 6.07) is 7.14. The quantitative estimate of drug-likeness (QED) is 0.309. The number of ether oxygens (including phenoxy) is 1. The van der Waals surface area contributed by atoms with Crippen LogP contribution in [-0.4, -0.2) is 58.6 Å². The van der Waals surface area contributed by atoms with Crippen molar-refractivity contribution >= 4 is 40.0 Å². The Labute approximate surface area is 199 Å². The van der Waals surface area contributed by atoms with Crippen LogP contribution in [0.25, 0.3) is 0 Å². The zero-order valence-corrected chi connectivity index (χ0v) is 21.9. The van der Waals surface area contributed by atoms with Crippen molar-refractivity contribution in [3.63, 3.8) is 0 Å². The number of methoxy groups -OCH3 is 1. The van der Waals surface area contributed by atoms with E-state index in [1.165, 1.54) is 0 Å². The molecular formula is C21H37IN4O3S. The van der Waals surface area contributed by atoms with Crippen LogP contribution in [0.2, 0.25) is 0 Å². The molecule has 172 valence electrons. The van der Waals surface area contributed by atoms with Gasteiger partial charge < -0.3 is 15.4 Å². The number of hydrogen-bond donors (Lipinski definition) is 2. The maximum absolute atomic E-state index is 12.9. The number of halogens is 1. The number of rotatable bonds is 7. The molecule has 1 unspecified atom stereocenters. The smallest absolute Gasteiger partial charge is 0.243 e. The zero-order chi connectivity index (χ0) is 21.5. The number of guanidine groups is 1. The van der Waals surface area contributed by atoms with Crippen molar-refractivity contribution in [2.45, 2.75) is 57.6 Å². The molecule has 7 nitrogen and oxygen atoms in total. The molecule has 0 aromatic heterocycles. The standard InChI is InChI=1S/C21H36N4O3S.HI/c1-21(2,3)19(28-5)16-24-20(22-4)23-15-17-10-9-11-18(14-17)29(26,27)25-12-7-6-8-13-25;/h9-11,14,19H,6-8,12-13,15-16H2,1-5H3,(H2,22,23,24);1H. The Balaban J connectivity index is 0.00000450. The lowest BCUT2D eigenvalue weighted by molar-refractivity contribution is 0.0205. The highest BCUT2D eigenvalue weighted by atomic mass is 127. The van der Waals surface area contributed by atoms with Gasteiger partial charge in [-0.05, 0) is 36.0 Å². The maximum atomic E-state index is 12.9. The molecule has 0 spiro atoms. The van der Waals surface area contributed by atoms with Crippen molar-refractivity contribution in [3.8, 4) is 0 Å². The molecule has 9 heteroatoms. The van der Waals surface area contributed by atoms with Gasteiger partial charge in [0.25, 0.3) is 0 Å². The molecule has 2 N–H and O–H groups in total. The Bertz CT molecular complexity index is 788. The van der Waals surface area contributed by atoms with Gasteiger partial charge >= 0.3 is 0 Å². The van der Waals surface area contributed by atoms with E-state index in [1.807, 2.05) is 6.07 Å². The van der Waals surface area contributed by atoms with Gasteiger partial charge in [0.1, 0.15) is 0 Å². The summed E-state index contributed by atoms with van der Waals surface area (Å²) in [6.45, 7) is 8.72. The molecule has 1 aliphatic heterocycles. The molecule has 0 aliphatic carbocycles. The average Bonchev–Trinajstić information content (AvgIpc) is 2.70. The summed E-state index contributed by atoms with van der Waals surface area (Å²) in [5.41, 5.74) is 0.905. The van der Waals surface area contributed by atoms with Gasteiger partial charge in [-0.1, -0.05) is 39.3 Å². The summed E-state index contributed by atoms with van der Waals surface area (Å²) in [7, 11) is -0.00258. The predicted octanol–water partition coefficient (Wildman–Crippen LogP) is 3.21. The number of nitrogens with zero attached hydrogens (tertiary/aromatic N) is 2. The summed E-state index contributed by atoms with van der Waals surface area (Å²) < 4.78 is 33.0. The minimum atomic E-state index is -3.43. The molecule has 2 rings (SSSR count). The van der Waals surface area contributed by atoms with Crippen LogP contribution in [-0.2, 0) is 21.3 Å². The fourth-order valence-electron chi connectivity index (χ4n) is 3.41. The second-order valence-electron chi connectivity index (χ2n) is 8.51. The van der Waals surface area contributed by atoms with E-state index in [1.54, 1.807) is 36.7 Å². The van der Waals surface area contributed by atoms with Gasteiger partial charge in [0.15, 0.2) is 5.96 Å². The van der Waals surface area contributed by atoms with Crippen molar-refractivity contribution in [2.75, 3.05) is 33.8 Å². The fourth-order valence-corrected chi connectivity index (χ4v) is 5.00. The second-order valence-corrected chi connectivity index (χ2v) is 10.4. The van der Waals surface area contributed by atoms with Crippen molar-refractivity contribution in [3.05, 3.63) is 29.8 Å². The lowest BCUT2D eigenvalue weighted by atomic mass is 9.89. The van der Waals surface area contributed by atoms with E-state index in [0.717, 1.165) is 24.8 Å². The first kappa shape index (κ1) is 27.1. The third-order valence-corrected chi connectivity index (χ3v) is 7.13. The molecule has 1 aromatic carbocycles. The predicted molar refractivity (Wildman–Crippen MR) is 133 cm³/mol. The lowest BCUT2D eigenvalue weighted by Crippen LogP contribution is -2.45. The highest BCUT2D eigenvalue weighted by Crippen LogP contribution is 2.22. The highest BCUT2D eigenvalue weighted by molar-refractivity contribution is 14.0. The van der Waals surface area contributed by atoms with Crippen LogP contribution in [0.15, 0.2) is 34.2 Å². The lowest BCUT2D eigenvalue weighted by Gasteiger charge is -2.30. The number of sulfonamides is 1. The molecule has 1 saturated heterocycles. The molecule has 0 radical (unpaired) electrons. The largest absolute Gasteiger partial charge is 0.379 e. The Morgan fingerprint density at radius 1 is 1.20 bits per heavy atom. The van der Waals surface area contributed by atoms with Gasteiger partial charge in [-0.25, -0.2) is 8.42 Å². The van der Waals surface area contributed by atoms with E-state index in [0.29, 0.717) is 37.0 Å². The Kier molecular flexibility index (Phi) is 11.0. The molecule has 1 fully saturated rings. The van der Waals surface area contributed by atoms with Crippen LogP contribution in [0.3, 0.4) is 0 Å². The molecule has 1 heterocycles. The van der Waals surface area contributed by atoms with Crippen LogP contribution >= 0.6 is 24.0 Å². The first-order valence-corrected chi connectivity index (χ1v) is 11.7. The molecule has 0 bridgehead atoms. The summed E-state index contributed by atoms with van der Waals surface area (Å²) >= 11 is 0. The first-order valence-electron chi connectivity index (χ1n) is 10.2. The number of piperidine rings is 1. The molecule has 30 heavy (non-hydrogen) atoms. The van der Waals surface area contributed by atoms with E-state index in [-0.39, 0.29) is 35.5 Å². The van der Waals surface area contributed by atoms with Crippen LogP contribution in [0.4, 0.5) is 0 Å². The van der Waals surface area contributed by atoms with Crippen molar-refractivity contribution in [1.29, 1.82) is 0 Å². The summed E-state index contributed by atoms with van der Waals surface area (Å²) in [5, 5.41) is 6.53.